The van der Waals surface area contributed by atoms with E-state index in [9.17, 15) is 5.26 Å². The molecule has 0 saturated heterocycles. The predicted octanol–water partition coefficient (Wildman–Crippen LogP) is 2.27. The number of nitrogens with zero attached hydrogens (tertiary/aromatic N) is 3. The first kappa shape index (κ1) is 12.2. The van der Waals surface area contributed by atoms with E-state index < -0.39 is 5.54 Å². The fourth-order valence-corrected chi connectivity index (χ4v) is 1.80. The van der Waals surface area contributed by atoms with Crippen LogP contribution < -0.4 is 0 Å². The fraction of sp³-hybridized carbons (Fsp3) is 0.385. The summed E-state index contributed by atoms with van der Waals surface area (Å²) in [4.78, 5) is 1.87. The van der Waals surface area contributed by atoms with Gasteiger partial charge in [0.15, 0.2) is 0 Å². The highest BCUT2D eigenvalue weighted by Gasteiger charge is 2.34. The van der Waals surface area contributed by atoms with Crippen molar-refractivity contribution in [2.45, 2.75) is 18.4 Å². The number of benzene rings is 1. The van der Waals surface area contributed by atoms with Crippen molar-refractivity contribution in [2.24, 2.45) is 0 Å². The topological polar surface area (TPSA) is 50.8 Å². The first-order valence-electron chi connectivity index (χ1n) is 5.18. The molecule has 3 nitrogen and oxygen atoms in total. The van der Waals surface area contributed by atoms with Gasteiger partial charge in [-0.15, -0.1) is 0 Å². The summed E-state index contributed by atoms with van der Waals surface area (Å²) >= 11 is 0. The quantitative estimate of drug-likeness (QED) is 0.771. The molecule has 0 N–H and O–H groups in total. The third-order valence-corrected chi connectivity index (χ3v) is 2.80. The molecule has 1 rings (SSSR count). The van der Waals surface area contributed by atoms with Gasteiger partial charge in [0.1, 0.15) is 5.54 Å². The van der Waals surface area contributed by atoms with Crippen molar-refractivity contribution in [3.05, 3.63) is 35.9 Å². The van der Waals surface area contributed by atoms with Crippen LogP contribution in [0.2, 0.25) is 0 Å². The van der Waals surface area contributed by atoms with Crippen molar-refractivity contribution in [3.8, 4) is 12.1 Å². The largest absolute Gasteiger partial charge is 0.288 e. The van der Waals surface area contributed by atoms with E-state index in [1.165, 1.54) is 0 Å². The molecule has 1 unspecified atom stereocenters. The van der Waals surface area contributed by atoms with Gasteiger partial charge in [-0.25, -0.2) is 0 Å². The average Bonchev–Trinajstić information content (AvgIpc) is 2.31. The first-order chi connectivity index (χ1) is 7.67. The summed E-state index contributed by atoms with van der Waals surface area (Å²) in [7, 11) is 3.74. The standard InChI is InChI=1S/C13H15N3/c1-16(2)13(11-15,9-6-10-14)12-7-4-3-5-8-12/h3-5,7-8H,6,9H2,1-2H3. The Labute approximate surface area is 96.5 Å². The first-order valence-corrected chi connectivity index (χ1v) is 5.18. The molecule has 0 aliphatic rings. The molecule has 3 heteroatoms. The normalized spacial score (nSPS) is 13.8. The summed E-state index contributed by atoms with van der Waals surface area (Å²) in [6, 6.07) is 14.1. The van der Waals surface area contributed by atoms with Gasteiger partial charge in [0.2, 0.25) is 0 Å². The molecule has 0 amide bonds. The number of rotatable bonds is 4. The van der Waals surface area contributed by atoms with Gasteiger partial charge >= 0.3 is 0 Å². The zero-order valence-electron chi connectivity index (χ0n) is 9.64. The van der Waals surface area contributed by atoms with Crippen molar-refractivity contribution in [1.82, 2.24) is 4.90 Å². The Balaban J connectivity index is 3.15. The maximum absolute atomic E-state index is 9.43. The van der Waals surface area contributed by atoms with Crippen LogP contribution in [-0.4, -0.2) is 19.0 Å². The smallest absolute Gasteiger partial charge is 0.135 e. The van der Waals surface area contributed by atoms with Crippen LogP contribution in [0.5, 0.6) is 0 Å². The van der Waals surface area contributed by atoms with Crippen LogP contribution in [0.15, 0.2) is 30.3 Å². The molecule has 82 valence electrons. The second-order valence-electron chi connectivity index (χ2n) is 3.89. The van der Waals surface area contributed by atoms with Crippen LogP contribution in [0.25, 0.3) is 0 Å². The van der Waals surface area contributed by atoms with E-state index in [-0.39, 0.29) is 0 Å². The number of nitriles is 2. The van der Waals surface area contributed by atoms with Gasteiger partial charge < -0.3 is 0 Å². The molecule has 0 aliphatic carbocycles. The Kier molecular flexibility index (Phi) is 4.05. The van der Waals surface area contributed by atoms with E-state index in [1.54, 1.807) is 0 Å². The van der Waals surface area contributed by atoms with Crippen molar-refractivity contribution in [2.75, 3.05) is 14.1 Å². The molecule has 1 atom stereocenters. The highest BCUT2D eigenvalue weighted by Crippen LogP contribution is 2.30. The van der Waals surface area contributed by atoms with Gasteiger partial charge in [-0.3, -0.25) is 4.90 Å². The molecule has 0 aromatic heterocycles. The summed E-state index contributed by atoms with van der Waals surface area (Å²) in [6.45, 7) is 0. The lowest BCUT2D eigenvalue weighted by Gasteiger charge is -2.33. The molecule has 16 heavy (non-hydrogen) atoms. The van der Waals surface area contributed by atoms with E-state index in [2.05, 4.69) is 12.1 Å². The molecule has 0 bridgehead atoms. The molecule has 0 heterocycles. The summed E-state index contributed by atoms with van der Waals surface area (Å²) in [5.74, 6) is 0. The van der Waals surface area contributed by atoms with Crippen molar-refractivity contribution < 1.29 is 0 Å². The Morgan fingerprint density at radius 3 is 2.25 bits per heavy atom. The third kappa shape index (κ3) is 2.21. The second-order valence-corrected chi connectivity index (χ2v) is 3.89. The zero-order chi connectivity index (χ0) is 12.0. The van der Waals surface area contributed by atoms with E-state index >= 15 is 0 Å². The SMILES string of the molecule is CN(C)C(C#N)(CCC#N)c1ccccc1. The Bertz CT molecular complexity index is 411. The van der Waals surface area contributed by atoms with Gasteiger partial charge in [0, 0.05) is 6.42 Å². The van der Waals surface area contributed by atoms with E-state index in [1.807, 2.05) is 49.3 Å². The lowest BCUT2D eigenvalue weighted by Crippen LogP contribution is -2.40. The number of hydrogen-bond donors (Lipinski definition) is 0. The monoisotopic (exact) mass is 213 g/mol. The summed E-state index contributed by atoms with van der Waals surface area (Å²) < 4.78 is 0. The van der Waals surface area contributed by atoms with Crippen LogP contribution in [0.3, 0.4) is 0 Å². The molecule has 1 aromatic rings. The fourth-order valence-electron chi connectivity index (χ4n) is 1.80. The predicted molar refractivity (Wildman–Crippen MR) is 62.3 cm³/mol. The van der Waals surface area contributed by atoms with Crippen LogP contribution in [0.4, 0.5) is 0 Å². The van der Waals surface area contributed by atoms with Crippen molar-refractivity contribution >= 4 is 0 Å². The molecule has 0 spiro atoms. The highest BCUT2D eigenvalue weighted by molar-refractivity contribution is 5.31. The Hall–Kier alpha value is -1.84. The molecule has 0 aliphatic heterocycles. The highest BCUT2D eigenvalue weighted by atomic mass is 15.1. The maximum Gasteiger partial charge on any atom is 0.135 e. The molecule has 0 radical (unpaired) electrons. The molecular formula is C13H15N3. The van der Waals surface area contributed by atoms with Gasteiger partial charge in [0.25, 0.3) is 0 Å². The summed E-state index contributed by atoms with van der Waals surface area (Å²) in [6.07, 6.45) is 0.900. The van der Waals surface area contributed by atoms with E-state index in [0.717, 1.165) is 5.56 Å². The minimum absolute atomic E-state index is 0.376. The van der Waals surface area contributed by atoms with Crippen LogP contribution in [0.1, 0.15) is 18.4 Å². The maximum atomic E-state index is 9.43. The zero-order valence-corrected chi connectivity index (χ0v) is 9.64. The summed E-state index contributed by atoms with van der Waals surface area (Å²) in [5, 5.41) is 18.1. The summed E-state index contributed by atoms with van der Waals surface area (Å²) in [5.41, 5.74) is 0.245. The van der Waals surface area contributed by atoms with Gasteiger partial charge in [0.05, 0.1) is 12.1 Å². The van der Waals surface area contributed by atoms with Gasteiger partial charge in [-0.2, -0.15) is 10.5 Å². The Morgan fingerprint density at radius 2 is 1.81 bits per heavy atom. The second kappa shape index (κ2) is 5.30. The lowest BCUT2D eigenvalue weighted by atomic mass is 9.86. The van der Waals surface area contributed by atoms with E-state index in [4.69, 9.17) is 5.26 Å². The molecule has 1 aromatic carbocycles. The van der Waals surface area contributed by atoms with Crippen LogP contribution >= 0.6 is 0 Å². The number of hydrogen-bond acceptors (Lipinski definition) is 3. The lowest BCUT2D eigenvalue weighted by molar-refractivity contribution is 0.205. The molecule has 0 saturated carbocycles. The third-order valence-electron chi connectivity index (χ3n) is 2.80. The van der Waals surface area contributed by atoms with Gasteiger partial charge in [-0.05, 0) is 26.1 Å². The Morgan fingerprint density at radius 1 is 1.19 bits per heavy atom. The van der Waals surface area contributed by atoms with Crippen molar-refractivity contribution in [1.29, 1.82) is 10.5 Å². The minimum Gasteiger partial charge on any atom is -0.288 e. The van der Waals surface area contributed by atoms with Crippen LogP contribution in [0, 0.1) is 22.7 Å². The van der Waals surface area contributed by atoms with E-state index in [0.29, 0.717) is 12.8 Å². The van der Waals surface area contributed by atoms with Crippen LogP contribution in [-0.2, 0) is 5.54 Å². The van der Waals surface area contributed by atoms with Gasteiger partial charge in [-0.1, -0.05) is 30.3 Å². The average molecular weight is 213 g/mol. The molecular weight excluding hydrogens is 198 g/mol. The minimum atomic E-state index is -0.697. The molecule has 0 fully saturated rings. The van der Waals surface area contributed by atoms with Crippen molar-refractivity contribution in [3.63, 3.8) is 0 Å².